The molecule has 0 aliphatic carbocycles. The predicted molar refractivity (Wildman–Crippen MR) is 93.4 cm³/mol. The van der Waals surface area contributed by atoms with Crippen molar-refractivity contribution in [1.82, 2.24) is 4.90 Å². The Morgan fingerprint density at radius 2 is 1.65 bits per heavy atom. The lowest BCUT2D eigenvalue weighted by atomic mass is 10.0. The summed E-state index contributed by atoms with van der Waals surface area (Å²) in [6, 6.07) is 14.7. The number of nitrogens with zero attached hydrogens (tertiary/aromatic N) is 2. The highest BCUT2D eigenvalue weighted by Crippen LogP contribution is 2.28. The van der Waals surface area contributed by atoms with Gasteiger partial charge in [-0.15, -0.1) is 0 Å². The number of nitrogens with two attached hydrogens (primary N) is 1. The van der Waals surface area contributed by atoms with Crippen molar-refractivity contribution in [1.29, 1.82) is 0 Å². The minimum Gasteiger partial charge on any atom is -0.369 e. The fraction of sp³-hybridized carbons (Fsp3) is 0.333. The van der Waals surface area contributed by atoms with Crippen molar-refractivity contribution < 1.29 is 4.39 Å². The van der Waals surface area contributed by atoms with Crippen LogP contribution in [0, 0.1) is 5.82 Å². The molecule has 0 saturated carbocycles. The van der Waals surface area contributed by atoms with Crippen molar-refractivity contribution in [3.8, 4) is 0 Å². The molecule has 1 unspecified atom stereocenters. The topological polar surface area (TPSA) is 32.5 Å². The van der Waals surface area contributed by atoms with Gasteiger partial charge >= 0.3 is 0 Å². The van der Waals surface area contributed by atoms with Crippen molar-refractivity contribution in [2.24, 2.45) is 5.73 Å². The van der Waals surface area contributed by atoms with Gasteiger partial charge in [0.1, 0.15) is 5.82 Å². The van der Waals surface area contributed by atoms with E-state index in [1.165, 1.54) is 12.1 Å². The quantitative estimate of drug-likeness (QED) is 0.931. The van der Waals surface area contributed by atoms with Gasteiger partial charge in [-0.3, -0.25) is 4.90 Å². The molecule has 0 amide bonds. The van der Waals surface area contributed by atoms with Crippen LogP contribution in [0.25, 0.3) is 0 Å². The number of piperazine rings is 1. The molecule has 1 saturated heterocycles. The molecule has 0 radical (unpaired) electrons. The third-order valence-electron chi connectivity index (χ3n) is 4.43. The largest absolute Gasteiger partial charge is 0.369 e. The Bertz CT molecular complexity index is 639. The van der Waals surface area contributed by atoms with Crippen LogP contribution in [0.5, 0.6) is 0 Å². The molecule has 1 aliphatic rings. The molecule has 1 heterocycles. The number of hydrogen-bond donors (Lipinski definition) is 1. The van der Waals surface area contributed by atoms with Gasteiger partial charge in [0, 0.05) is 49.5 Å². The van der Waals surface area contributed by atoms with Gasteiger partial charge in [0.2, 0.25) is 0 Å². The summed E-state index contributed by atoms with van der Waals surface area (Å²) >= 11 is 6.33. The van der Waals surface area contributed by atoms with Crippen LogP contribution in [0.1, 0.15) is 11.6 Å². The minimum absolute atomic E-state index is 0.138. The molecule has 0 bridgehead atoms. The third kappa shape index (κ3) is 3.66. The van der Waals surface area contributed by atoms with Crippen molar-refractivity contribution in [3.05, 3.63) is 64.9 Å². The molecule has 1 aliphatic heterocycles. The number of benzene rings is 2. The molecule has 0 spiro atoms. The van der Waals surface area contributed by atoms with Gasteiger partial charge in [0.15, 0.2) is 0 Å². The molecule has 1 atom stereocenters. The Morgan fingerprint density at radius 3 is 2.26 bits per heavy atom. The van der Waals surface area contributed by atoms with Gasteiger partial charge in [-0.05, 0) is 35.9 Å². The lowest BCUT2D eigenvalue weighted by molar-refractivity contribution is 0.190. The van der Waals surface area contributed by atoms with Crippen molar-refractivity contribution in [2.75, 3.05) is 37.6 Å². The predicted octanol–water partition coefficient (Wildman–Crippen LogP) is 3.30. The van der Waals surface area contributed by atoms with Gasteiger partial charge in [-0.25, -0.2) is 4.39 Å². The maximum atomic E-state index is 13.0. The molecule has 2 aromatic carbocycles. The number of halogens is 2. The Morgan fingerprint density at radius 1 is 1.00 bits per heavy atom. The molecule has 2 N–H and O–H groups in total. The molecule has 3 nitrogen and oxygen atoms in total. The minimum atomic E-state index is -0.200. The zero-order chi connectivity index (χ0) is 16.2. The molecule has 1 fully saturated rings. The lowest BCUT2D eigenvalue weighted by Gasteiger charge is -2.40. The first-order valence-electron chi connectivity index (χ1n) is 7.88. The monoisotopic (exact) mass is 333 g/mol. The SMILES string of the molecule is NCC(c1ccccc1Cl)N1CCN(c2ccc(F)cc2)CC1. The molecule has 122 valence electrons. The summed E-state index contributed by atoms with van der Waals surface area (Å²) in [6.45, 7) is 4.15. The van der Waals surface area contributed by atoms with E-state index >= 15 is 0 Å². The fourth-order valence-corrected chi connectivity index (χ4v) is 3.42. The molecular formula is C18H21ClFN3. The van der Waals surface area contributed by atoms with Gasteiger partial charge in [-0.2, -0.15) is 0 Å². The van der Waals surface area contributed by atoms with Crippen molar-refractivity contribution in [3.63, 3.8) is 0 Å². The van der Waals surface area contributed by atoms with Crippen LogP contribution >= 0.6 is 11.6 Å². The van der Waals surface area contributed by atoms with E-state index < -0.39 is 0 Å². The Labute approximate surface area is 141 Å². The van der Waals surface area contributed by atoms with E-state index in [9.17, 15) is 4.39 Å². The summed E-state index contributed by atoms with van der Waals surface area (Å²) in [5, 5.41) is 0.768. The second-order valence-corrected chi connectivity index (χ2v) is 6.18. The van der Waals surface area contributed by atoms with Crippen molar-refractivity contribution in [2.45, 2.75) is 6.04 Å². The smallest absolute Gasteiger partial charge is 0.123 e. The van der Waals surface area contributed by atoms with Gasteiger partial charge in [0.25, 0.3) is 0 Å². The van der Waals surface area contributed by atoms with Crippen LogP contribution in [0.15, 0.2) is 48.5 Å². The molecule has 3 rings (SSSR count). The maximum Gasteiger partial charge on any atom is 0.123 e. The van der Waals surface area contributed by atoms with Crippen LogP contribution in [0.4, 0.5) is 10.1 Å². The maximum absolute atomic E-state index is 13.0. The van der Waals surface area contributed by atoms with E-state index in [4.69, 9.17) is 17.3 Å². The molecule has 0 aromatic heterocycles. The summed E-state index contributed by atoms with van der Waals surface area (Å²) in [5.41, 5.74) is 8.16. The first-order valence-corrected chi connectivity index (χ1v) is 8.26. The lowest BCUT2D eigenvalue weighted by Crippen LogP contribution is -2.49. The second kappa shape index (κ2) is 7.30. The molecule has 23 heavy (non-hydrogen) atoms. The van der Waals surface area contributed by atoms with Crippen LogP contribution in [0.2, 0.25) is 5.02 Å². The molecular weight excluding hydrogens is 313 g/mol. The second-order valence-electron chi connectivity index (χ2n) is 5.77. The molecule has 5 heteroatoms. The first-order chi connectivity index (χ1) is 11.2. The van der Waals surface area contributed by atoms with Crippen LogP contribution in [-0.2, 0) is 0 Å². The highest BCUT2D eigenvalue weighted by atomic mass is 35.5. The average molecular weight is 334 g/mol. The number of rotatable bonds is 4. The summed E-state index contributed by atoms with van der Waals surface area (Å²) in [7, 11) is 0. The van der Waals surface area contributed by atoms with E-state index in [1.807, 2.05) is 36.4 Å². The van der Waals surface area contributed by atoms with Gasteiger partial charge in [0.05, 0.1) is 0 Å². The summed E-state index contributed by atoms with van der Waals surface area (Å²) in [4.78, 5) is 4.65. The summed E-state index contributed by atoms with van der Waals surface area (Å²) in [5.74, 6) is -0.200. The molecule has 2 aromatic rings. The number of hydrogen-bond acceptors (Lipinski definition) is 3. The summed E-state index contributed by atoms with van der Waals surface area (Å²) in [6.07, 6.45) is 0. The summed E-state index contributed by atoms with van der Waals surface area (Å²) < 4.78 is 13.0. The van der Waals surface area contributed by atoms with Crippen LogP contribution < -0.4 is 10.6 Å². The van der Waals surface area contributed by atoms with Gasteiger partial charge < -0.3 is 10.6 Å². The van der Waals surface area contributed by atoms with E-state index in [0.29, 0.717) is 6.54 Å². The van der Waals surface area contributed by atoms with E-state index in [-0.39, 0.29) is 11.9 Å². The Kier molecular flexibility index (Phi) is 5.16. The number of anilines is 1. The van der Waals surface area contributed by atoms with Crippen molar-refractivity contribution >= 4 is 17.3 Å². The Balaban J connectivity index is 1.68. The van der Waals surface area contributed by atoms with Crippen LogP contribution in [0.3, 0.4) is 0 Å². The standard InChI is InChI=1S/C18H21ClFN3/c19-17-4-2-1-3-16(17)18(13-21)23-11-9-22(10-12-23)15-7-5-14(20)6-8-15/h1-8,18H,9-13,21H2. The van der Waals surface area contributed by atoms with E-state index in [1.54, 1.807) is 0 Å². The Hall–Kier alpha value is -1.62. The zero-order valence-electron chi connectivity index (χ0n) is 13.0. The first kappa shape index (κ1) is 16.2. The normalized spacial score (nSPS) is 17.3. The fourth-order valence-electron chi connectivity index (χ4n) is 3.16. The van der Waals surface area contributed by atoms with Gasteiger partial charge in [-0.1, -0.05) is 29.8 Å². The highest BCUT2D eigenvalue weighted by molar-refractivity contribution is 6.31. The third-order valence-corrected chi connectivity index (χ3v) is 4.78. The van der Waals surface area contributed by atoms with Crippen LogP contribution in [-0.4, -0.2) is 37.6 Å². The average Bonchev–Trinajstić information content (AvgIpc) is 2.59. The highest BCUT2D eigenvalue weighted by Gasteiger charge is 2.25. The van der Waals surface area contributed by atoms with E-state index in [0.717, 1.165) is 42.5 Å². The zero-order valence-corrected chi connectivity index (χ0v) is 13.7. The van der Waals surface area contributed by atoms with E-state index in [2.05, 4.69) is 9.80 Å².